The van der Waals surface area contributed by atoms with Crippen molar-refractivity contribution >= 4 is 54.5 Å². The van der Waals surface area contributed by atoms with Gasteiger partial charge in [-0.25, -0.2) is 0 Å². The fourth-order valence-corrected chi connectivity index (χ4v) is 4.14. The molecule has 25 heavy (non-hydrogen) atoms. The second kappa shape index (κ2) is 7.90. The molecule has 0 fully saturated rings. The lowest BCUT2D eigenvalue weighted by atomic mass is 10.1. The molecule has 0 unspecified atom stereocenters. The second-order valence-electron chi connectivity index (χ2n) is 5.89. The van der Waals surface area contributed by atoms with Crippen LogP contribution in [0.1, 0.15) is 12.5 Å². The van der Waals surface area contributed by atoms with Gasteiger partial charge in [-0.05, 0) is 36.8 Å². The standard InChI is InChI=1S/C20H17NS.C2H5Cl/c1-14-7-3-5-9-18(14)21(2)15-11-12-17-16-8-4-6-10-19(16)22-20(17)13-15;1-2-3/h3-13H,1-2H3;2H2,1H3. The highest BCUT2D eigenvalue weighted by molar-refractivity contribution is 7.25. The first-order chi connectivity index (χ1) is 12.2. The number of hydrogen-bond donors (Lipinski definition) is 0. The van der Waals surface area contributed by atoms with Crippen LogP contribution in [0.25, 0.3) is 20.2 Å². The zero-order chi connectivity index (χ0) is 17.8. The Hall–Kier alpha value is -2.03. The number of benzene rings is 3. The van der Waals surface area contributed by atoms with Crippen LogP contribution in [0.2, 0.25) is 0 Å². The van der Waals surface area contributed by atoms with Gasteiger partial charge in [0.2, 0.25) is 0 Å². The molecule has 0 N–H and O–H groups in total. The van der Waals surface area contributed by atoms with Gasteiger partial charge in [-0.3, -0.25) is 0 Å². The number of rotatable bonds is 2. The predicted octanol–water partition coefficient (Wildman–Crippen LogP) is 7.38. The molecule has 0 bridgehead atoms. The first-order valence-electron chi connectivity index (χ1n) is 8.42. The molecule has 0 aliphatic heterocycles. The topological polar surface area (TPSA) is 3.24 Å². The fraction of sp³-hybridized carbons (Fsp3) is 0.182. The van der Waals surface area contributed by atoms with Gasteiger partial charge in [0.25, 0.3) is 0 Å². The number of fused-ring (bicyclic) bond motifs is 3. The van der Waals surface area contributed by atoms with Gasteiger partial charge in [-0.2, -0.15) is 0 Å². The lowest BCUT2D eigenvalue weighted by Crippen LogP contribution is -2.10. The molecule has 3 heteroatoms. The molecule has 0 saturated heterocycles. The van der Waals surface area contributed by atoms with Gasteiger partial charge >= 0.3 is 0 Å². The molecule has 0 aliphatic rings. The molecule has 1 aromatic heterocycles. The number of nitrogens with zero attached hydrogens (tertiary/aromatic N) is 1. The second-order valence-corrected chi connectivity index (χ2v) is 7.51. The Bertz CT molecular complexity index is 990. The summed E-state index contributed by atoms with van der Waals surface area (Å²) < 4.78 is 2.70. The minimum atomic E-state index is 0.722. The molecule has 0 radical (unpaired) electrons. The van der Waals surface area contributed by atoms with Crippen molar-refractivity contribution in [3.05, 3.63) is 72.3 Å². The lowest BCUT2D eigenvalue weighted by molar-refractivity contribution is 1.19. The van der Waals surface area contributed by atoms with Crippen LogP contribution in [0.3, 0.4) is 0 Å². The number of thiophene rings is 1. The highest BCUT2D eigenvalue weighted by Crippen LogP contribution is 2.37. The van der Waals surface area contributed by atoms with E-state index in [1.807, 2.05) is 18.3 Å². The minimum Gasteiger partial charge on any atom is -0.344 e. The third-order valence-electron chi connectivity index (χ3n) is 4.23. The Kier molecular flexibility index (Phi) is 5.62. The monoisotopic (exact) mass is 367 g/mol. The summed E-state index contributed by atoms with van der Waals surface area (Å²) in [4.78, 5) is 2.26. The van der Waals surface area contributed by atoms with Gasteiger partial charge in [0.05, 0.1) is 0 Å². The smallest absolute Gasteiger partial charge is 0.0437 e. The van der Waals surface area contributed by atoms with E-state index in [9.17, 15) is 0 Å². The molecule has 1 heterocycles. The van der Waals surface area contributed by atoms with Crippen LogP contribution < -0.4 is 4.90 Å². The number of anilines is 2. The Balaban J connectivity index is 0.000000569. The van der Waals surface area contributed by atoms with Crippen LogP contribution >= 0.6 is 22.9 Å². The first kappa shape index (κ1) is 17.8. The van der Waals surface area contributed by atoms with Gasteiger partial charge in [0.15, 0.2) is 0 Å². The quantitative estimate of drug-likeness (QED) is 0.334. The fourth-order valence-electron chi connectivity index (χ4n) is 3.00. The summed E-state index contributed by atoms with van der Waals surface area (Å²) in [6, 6.07) is 23.9. The Morgan fingerprint density at radius 1 is 0.880 bits per heavy atom. The van der Waals surface area contributed by atoms with Crippen LogP contribution in [0.4, 0.5) is 11.4 Å². The van der Waals surface area contributed by atoms with E-state index in [0.29, 0.717) is 0 Å². The van der Waals surface area contributed by atoms with Crippen molar-refractivity contribution in [2.75, 3.05) is 17.8 Å². The summed E-state index contributed by atoms with van der Waals surface area (Å²) in [5.41, 5.74) is 3.78. The molecule has 0 atom stereocenters. The molecule has 0 aliphatic carbocycles. The van der Waals surface area contributed by atoms with E-state index in [-0.39, 0.29) is 0 Å². The molecule has 4 rings (SSSR count). The first-order valence-corrected chi connectivity index (χ1v) is 9.77. The van der Waals surface area contributed by atoms with E-state index in [1.54, 1.807) is 0 Å². The van der Waals surface area contributed by atoms with Crippen LogP contribution in [0.15, 0.2) is 66.7 Å². The minimum absolute atomic E-state index is 0.722. The van der Waals surface area contributed by atoms with Crippen LogP contribution in [-0.2, 0) is 0 Å². The summed E-state index contributed by atoms with van der Waals surface area (Å²) in [5.74, 6) is 0.722. The van der Waals surface area contributed by atoms with Crippen LogP contribution in [-0.4, -0.2) is 12.9 Å². The van der Waals surface area contributed by atoms with Gasteiger partial charge in [0, 0.05) is 44.5 Å². The molecule has 0 amide bonds. The van der Waals surface area contributed by atoms with Gasteiger partial charge in [-0.15, -0.1) is 22.9 Å². The van der Waals surface area contributed by atoms with E-state index in [1.165, 1.54) is 37.1 Å². The Morgan fingerprint density at radius 2 is 1.52 bits per heavy atom. The van der Waals surface area contributed by atoms with E-state index in [4.69, 9.17) is 11.6 Å². The number of para-hydroxylation sites is 1. The molecule has 128 valence electrons. The number of aryl methyl sites for hydroxylation is 1. The Labute approximate surface area is 158 Å². The maximum atomic E-state index is 5.00. The van der Waals surface area contributed by atoms with E-state index >= 15 is 0 Å². The summed E-state index contributed by atoms with van der Waals surface area (Å²) in [6.07, 6.45) is 0. The van der Waals surface area contributed by atoms with Crippen molar-refractivity contribution in [1.29, 1.82) is 0 Å². The lowest BCUT2D eigenvalue weighted by Gasteiger charge is -2.21. The molecule has 3 aromatic carbocycles. The third kappa shape index (κ3) is 3.65. The highest BCUT2D eigenvalue weighted by Gasteiger charge is 2.09. The molecule has 0 saturated carbocycles. The van der Waals surface area contributed by atoms with Crippen molar-refractivity contribution in [2.24, 2.45) is 0 Å². The summed E-state index contributed by atoms with van der Waals surface area (Å²) >= 11 is 6.86. The maximum absolute atomic E-state index is 5.00. The summed E-state index contributed by atoms with van der Waals surface area (Å²) in [7, 11) is 2.14. The Morgan fingerprint density at radius 3 is 2.28 bits per heavy atom. The van der Waals surface area contributed by atoms with Crippen molar-refractivity contribution in [1.82, 2.24) is 0 Å². The largest absolute Gasteiger partial charge is 0.344 e. The summed E-state index contributed by atoms with van der Waals surface area (Å²) in [6.45, 7) is 4.05. The van der Waals surface area contributed by atoms with E-state index in [2.05, 4.69) is 85.6 Å². The highest BCUT2D eigenvalue weighted by atomic mass is 35.5. The van der Waals surface area contributed by atoms with Crippen molar-refractivity contribution < 1.29 is 0 Å². The zero-order valence-electron chi connectivity index (χ0n) is 14.8. The van der Waals surface area contributed by atoms with Gasteiger partial charge < -0.3 is 4.90 Å². The third-order valence-corrected chi connectivity index (χ3v) is 5.36. The maximum Gasteiger partial charge on any atom is 0.0437 e. The normalized spacial score (nSPS) is 10.6. The van der Waals surface area contributed by atoms with Crippen LogP contribution in [0, 0.1) is 6.92 Å². The molecule has 1 nitrogen and oxygen atoms in total. The average Bonchev–Trinajstić information content (AvgIpc) is 3.00. The molecular formula is C22H22ClNS. The summed E-state index contributed by atoms with van der Waals surface area (Å²) in [5, 5.41) is 2.70. The van der Waals surface area contributed by atoms with E-state index < -0.39 is 0 Å². The van der Waals surface area contributed by atoms with Crippen molar-refractivity contribution in [3.63, 3.8) is 0 Å². The van der Waals surface area contributed by atoms with Gasteiger partial charge in [-0.1, -0.05) is 49.4 Å². The molecule has 4 aromatic rings. The number of halogens is 1. The average molecular weight is 368 g/mol. The zero-order valence-corrected chi connectivity index (χ0v) is 16.4. The molecule has 0 spiro atoms. The van der Waals surface area contributed by atoms with Crippen LogP contribution in [0.5, 0.6) is 0 Å². The van der Waals surface area contributed by atoms with Gasteiger partial charge in [0.1, 0.15) is 0 Å². The number of hydrogen-bond acceptors (Lipinski definition) is 2. The van der Waals surface area contributed by atoms with E-state index in [0.717, 1.165) is 5.88 Å². The number of alkyl halides is 1. The van der Waals surface area contributed by atoms with Crippen molar-refractivity contribution in [3.8, 4) is 0 Å². The SMILES string of the molecule is CCCl.Cc1ccccc1N(C)c1ccc2c(c1)sc1ccccc12. The molecular weight excluding hydrogens is 346 g/mol. The van der Waals surface area contributed by atoms with Crippen molar-refractivity contribution in [2.45, 2.75) is 13.8 Å². The predicted molar refractivity (Wildman–Crippen MR) is 115 cm³/mol.